The van der Waals surface area contributed by atoms with Gasteiger partial charge in [-0.25, -0.2) is 0 Å². The number of hydrogen-bond acceptors (Lipinski definition) is 4. The molecule has 0 unspecified atom stereocenters. The molecule has 0 saturated heterocycles. The molecular weight excluding hydrogens is 376 g/mol. The van der Waals surface area contributed by atoms with E-state index in [1.807, 2.05) is 30.3 Å². The van der Waals surface area contributed by atoms with E-state index in [4.69, 9.17) is 4.42 Å². The standard InChI is InChI=1S/C17H13BrN2O4/c1-10(16-9-11-4-2-3-5-15(11)24-16)19-17(21)12-6-7-13(18)14(8-12)20(22)23/h2-10H,1H3,(H,19,21)/t10-/m0/s1. The number of para-hydroxylation sites is 1. The lowest BCUT2D eigenvalue weighted by molar-refractivity contribution is -0.385. The van der Waals surface area contributed by atoms with Crippen LogP contribution in [0.2, 0.25) is 0 Å². The van der Waals surface area contributed by atoms with Crippen molar-refractivity contribution in [3.63, 3.8) is 0 Å². The normalized spacial score (nSPS) is 12.1. The predicted octanol–water partition coefficient (Wildman–Crippen LogP) is 4.59. The van der Waals surface area contributed by atoms with E-state index in [0.29, 0.717) is 10.2 Å². The average Bonchev–Trinajstić information content (AvgIpc) is 2.99. The number of hydrogen-bond donors (Lipinski definition) is 1. The highest BCUT2D eigenvalue weighted by atomic mass is 79.9. The predicted molar refractivity (Wildman–Crippen MR) is 92.9 cm³/mol. The maximum Gasteiger partial charge on any atom is 0.284 e. The summed E-state index contributed by atoms with van der Waals surface area (Å²) in [5.41, 5.74) is 0.805. The minimum Gasteiger partial charge on any atom is -0.459 e. The maximum atomic E-state index is 12.3. The molecule has 0 spiro atoms. The number of fused-ring (bicyclic) bond motifs is 1. The fourth-order valence-corrected chi connectivity index (χ4v) is 2.75. The quantitative estimate of drug-likeness (QED) is 0.522. The third kappa shape index (κ3) is 3.16. The first-order chi connectivity index (χ1) is 11.5. The van der Waals surface area contributed by atoms with Gasteiger partial charge in [-0.15, -0.1) is 0 Å². The van der Waals surface area contributed by atoms with Gasteiger partial charge in [0.05, 0.1) is 15.4 Å². The first-order valence-corrected chi connectivity index (χ1v) is 7.98. The zero-order chi connectivity index (χ0) is 17.3. The Morgan fingerprint density at radius 2 is 2.00 bits per heavy atom. The molecule has 0 fully saturated rings. The first-order valence-electron chi connectivity index (χ1n) is 7.19. The summed E-state index contributed by atoms with van der Waals surface area (Å²) < 4.78 is 6.05. The second kappa shape index (κ2) is 6.45. The molecule has 3 aromatic rings. The zero-order valence-corrected chi connectivity index (χ0v) is 14.2. The van der Waals surface area contributed by atoms with Crippen molar-refractivity contribution in [2.75, 3.05) is 0 Å². The zero-order valence-electron chi connectivity index (χ0n) is 12.7. The Bertz CT molecular complexity index is 902. The number of nitrogens with zero attached hydrogens (tertiary/aromatic N) is 1. The van der Waals surface area contributed by atoms with Gasteiger partial charge in [0, 0.05) is 17.0 Å². The highest BCUT2D eigenvalue weighted by Gasteiger charge is 2.19. The van der Waals surface area contributed by atoms with E-state index in [2.05, 4.69) is 21.2 Å². The van der Waals surface area contributed by atoms with Crippen LogP contribution in [-0.4, -0.2) is 10.8 Å². The molecule has 0 aliphatic carbocycles. The number of nitrogens with one attached hydrogen (secondary N) is 1. The van der Waals surface area contributed by atoms with Gasteiger partial charge in [-0.1, -0.05) is 18.2 Å². The van der Waals surface area contributed by atoms with Gasteiger partial charge in [0.1, 0.15) is 11.3 Å². The lowest BCUT2D eigenvalue weighted by atomic mass is 10.1. The molecule has 7 heteroatoms. The van der Waals surface area contributed by atoms with Crippen LogP contribution in [0, 0.1) is 10.1 Å². The highest BCUT2D eigenvalue weighted by molar-refractivity contribution is 9.10. The Hall–Kier alpha value is -2.67. The Labute approximate surface area is 145 Å². The molecule has 0 aliphatic rings. The summed E-state index contributed by atoms with van der Waals surface area (Å²) in [6.45, 7) is 1.79. The molecule has 0 saturated carbocycles. The van der Waals surface area contributed by atoms with Crippen molar-refractivity contribution in [1.82, 2.24) is 5.32 Å². The number of nitro benzene ring substituents is 1. The second-order valence-corrected chi connectivity index (χ2v) is 6.16. The molecule has 0 radical (unpaired) electrons. The van der Waals surface area contributed by atoms with Crippen LogP contribution in [0.25, 0.3) is 11.0 Å². The van der Waals surface area contributed by atoms with Gasteiger partial charge in [0.2, 0.25) is 0 Å². The van der Waals surface area contributed by atoms with Crippen LogP contribution in [0.1, 0.15) is 29.1 Å². The van der Waals surface area contributed by atoms with E-state index in [0.717, 1.165) is 11.0 Å². The Morgan fingerprint density at radius 3 is 2.71 bits per heavy atom. The van der Waals surface area contributed by atoms with Crippen molar-refractivity contribution < 1.29 is 14.1 Å². The van der Waals surface area contributed by atoms with E-state index in [-0.39, 0.29) is 17.3 Å². The Kier molecular flexibility index (Phi) is 4.35. The summed E-state index contributed by atoms with van der Waals surface area (Å²) in [5, 5.41) is 14.7. The SMILES string of the molecule is C[C@H](NC(=O)c1ccc(Br)c([N+](=O)[O-])c1)c1cc2ccccc2o1. The summed E-state index contributed by atoms with van der Waals surface area (Å²) in [6, 6.07) is 13.3. The van der Waals surface area contributed by atoms with E-state index in [1.54, 1.807) is 6.92 Å². The molecule has 1 amide bonds. The molecule has 0 bridgehead atoms. The molecule has 1 atom stereocenters. The van der Waals surface area contributed by atoms with Gasteiger partial charge in [-0.05, 0) is 47.1 Å². The fraction of sp³-hybridized carbons (Fsp3) is 0.118. The molecular formula is C17H13BrN2O4. The number of amides is 1. The Morgan fingerprint density at radius 1 is 1.25 bits per heavy atom. The van der Waals surface area contributed by atoms with Gasteiger partial charge in [-0.2, -0.15) is 0 Å². The molecule has 0 aliphatic heterocycles. The minimum absolute atomic E-state index is 0.154. The van der Waals surface area contributed by atoms with Crippen LogP contribution in [0.3, 0.4) is 0 Å². The molecule has 122 valence electrons. The molecule has 1 heterocycles. The average molecular weight is 389 g/mol. The van der Waals surface area contributed by atoms with Crippen LogP contribution in [0.5, 0.6) is 0 Å². The minimum atomic E-state index is -0.538. The molecule has 1 aromatic heterocycles. The van der Waals surface area contributed by atoms with Crippen LogP contribution in [0.15, 0.2) is 57.4 Å². The highest BCUT2D eigenvalue weighted by Crippen LogP contribution is 2.27. The van der Waals surface area contributed by atoms with Gasteiger partial charge >= 0.3 is 0 Å². The molecule has 24 heavy (non-hydrogen) atoms. The van der Waals surface area contributed by atoms with Gasteiger partial charge < -0.3 is 9.73 Å². The largest absolute Gasteiger partial charge is 0.459 e. The lowest BCUT2D eigenvalue weighted by Crippen LogP contribution is -2.26. The van der Waals surface area contributed by atoms with Crippen molar-refractivity contribution in [3.8, 4) is 0 Å². The van der Waals surface area contributed by atoms with Crippen molar-refractivity contribution in [1.29, 1.82) is 0 Å². The van der Waals surface area contributed by atoms with Gasteiger partial charge in [0.15, 0.2) is 0 Å². The number of benzene rings is 2. The number of nitro groups is 1. The van der Waals surface area contributed by atoms with Crippen molar-refractivity contribution in [3.05, 3.63) is 74.4 Å². The summed E-state index contributed by atoms with van der Waals surface area (Å²) in [4.78, 5) is 22.8. The van der Waals surface area contributed by atoms with E-state index in [9.17, 15) is 14.9 Å². The second-order valence-electron chi connectivity index (χ2n) is 5.31. The maximum absolute atomic E-state index is 12.3. The number of halogens is 1. The van der Waals surface area contributed by atoms with Crippen molar-refractivity contribution in [2.45, 2.75) is 13.0 Å². The molecule has 1 N–H and O–H groups in total. The first kappa shape index (κ1) is 16.2. The summed E-state index contributed by atoms with van der Waals surface area (Å²) >= 11 is 3.10. The topological polar surface area (TPSA) is 85.4 Å². The third-order valence-electron chi connectivity index (χ3n) is 3.62. The van der Waals surface area contributed by atoms with Gasteiger partial charge in [0.25, 0.3) is 11.6 Å². The molecule has 3 rings (SSSR count). The van der Waals surface area contributed by atoms with Crippen LogP contribution in [0.4, 0.5) is 5.69 Å². The number of furan rings is 1. The monoisotopic (exact) mass is 388 g/mol. The summed E-state index contributed by atoms with van der Waals surface area (Å²) in [7, 11) is 0. The smallest absolute Gasteiger partial charge is 0.284 e. The van der Waals surface area contributed by atoms with E-state index < -0.39 is 10.8 Å². The van der Waals surface area contributed by atoms with Crippen LogP contribution < -0.4 is 5.32 Å². The summed E-state index contributed by atoms with van der Waals surface area (Å²) in [5.74, 6) is 0.217. The molecule has 6 nitrogen and oxygen atoms in total. The van der Waals surface area contributed by atoms with Crippen LogP contribution in [-0.2, 0) is 0 Å². The fourth-order valence-electron chi connectivity index (χ4n) is 2.36. The van der Waals surface area contributed by atoms with Gasteiger partial charge in [-0.3, -0.25) is 14.9 Å². The summed E-state index contributed by atoms with van der Waals surface area (Å²) in [6.07, 6.45) is 0. The van der Waals surface area contributed by atoms with E-state index >= 15 is 0 Å². The molecule has 2 aromatic carbocycles. The number of carbonyl (C=O) groups is 1. The van der Waals surface area contributed by atoms with Crippen LogP contribution >= 0.6 is 15.9 Å². The number of rotatable bonds is 4. The number of carbonyl (C=O) groups excluding carboxylic acids is 1. The van der Waals surface area contributed by atoms with Crippen molar-refractivity contribution in [2.24, 2.45) is 0 Å². The van der Waals surface area contributed by atoms with Crippen molar-refractivity contribution >= 4 is 38.5 Å². The third-order valence-corrected chi connectivity index (χ3v) is 4.29. The lowest BCUT2D eigenvalue weighted by Gasteiger charge is -2.11. The Balaban J connectivity index is 1.81. The van der Waals surface area contributed by atoms with E-state index in [1.165, 1.54) is 18.2 Å².